The van der Waals surface area contributed by atoms with Gasteiger partial charge in [0.2, 0.25) is 0 Å². The van der Waals surface area contributed by atoms with E-state index in [1.54, 1.807) is 24.7 Å². The molecule has 2 rings (SSSR count). The molecule has 2 aromatic rings. The van der Waals surface area contributed by atoms with Crippen molar-refractivity contribution in [2.45, 2.75) is 13.0 Å². The lowest BCUT2D eigenvalue weighted by Gasteiger charge is -2.08. The molecule has 0 unspecified atom stereocenters. The van der Waals surface area contributed by atoms with Crippen molar-refractivity contribution in [3.8, 4) is 5.75 Å². The summed E-state index contributed by atoms with van der Waals surface area (Å²) in [7, 11) is 0. The van der Waals surface area contributed by atoms with Crippen LogP contribution in [0.4, 0.5) is 5.69 Å². The van der Waals surface area contributed by atoms with Gasteiger partial charge in [0.1, 0.15) is 0 Å². The summed E-state index contributed by atoms with van der Waals surface area (Å²) in [6.45, 7) is 0.998. The molecule has 1 N–H and O–H groups in total. The monoisotopic (exact) mass is 304 g/mol. The minimum Gasteiger partial charge on any atom is -0.477 e. The number of carbonyl (C=O) groups excluding carboxylic acids is 1. The second-order valence-electron chi connectivity index (χ2n) is 4.52. The average molecular weight is 304 g/mol. The lowest BCUT2D eigenvalue weighted by Crippen LogP contribution is -2.30. The quantitative estimate of drug-likeness (QED) is 0.451. The van der Waals surface area contributed by atoms with E-state index in [2.05, 4.69) is 10.3 Å². The Bertz CT molecular complexity index is 628. The van der Waals surface area contributed by atoms with E-state index in [0.29, 0.717) is 6.54 Å². The standard InChI is InChI=1S/C14H16N4O4/c19-14(16-6-3-8-17-9-7-15-11-17)10-22-13-5-2-1-4-12(13)18(20)21/h1-2,4-5,7,9,11H,3,6,8,10H2,(H,16,19). The van der Waals surface area contributed by atoms with Crippen LogP contribution in [0.25, 0.3) is 0 Å². The number of nitrogens with one attached hydrogen (secondary N) is 1. The molecule has 8 heteroatoms. The van der Waals surface area contributed by atoms with Gasteiger partial charge >= 0.3 is 5.69 Å². The van der Waals surface area contributed by atoms with E-state index in [0.717, 1.165) is 13.0 Å². The van der Waals surface area contributed by atoms with E-state index in [1.165, 1.54) is 12.1 Å². The number of amides is 1. The van der Waals surface area contributed by atoms with Crippen molar-refractivity contribution in [1.29, 1.82) is 0 Å². The number of carbonyl (C=O) groups is 1. The van der Waals surface area contributed by atoms with Gasteiger partial charge < -0.3 is 14.6 Å². The minimum atomic E-state index is -0.543. The third kappa shape index (κ3) is 4.58. The summed E-state index contributed by atoms with van der Waals surface area (Å²) in [5, 5.41) is 13.5. The Balaban J connectivity index is 1.70. The van der Waals surface area contributed by atoms with E-state index < -0.39 is 4.92 Å². The molecule has 0 radical (unpaired) electrons. The highest BCUT2D eigenvalue weighted by Gasteiger charge is 2.14. The number of ether oxygens (including phenoxy) is 1. The maximum atomic E-state index is 11.6. The van der Waals surface area contributed by atoms with Gasteiger partial charge in [-0.2, -0.15) is 0 Å². The Morgan fingerprint density at radius 2 is 2.23 bits per heavy atom. The van der Waals surface area contributed by atoms with E-state index >= 15 is 0 Å². The summed E-state index contributed by atoms with van der Waals surface area (Å²) >= 11 is 0. The van der Waals surface area contributed by atoms with E-state index in [1.807, 2.05) is 10.8 Å². The van der Waals surface area contributed by atoms with Crippen molar-refractivity contribution in [3.63, 3.8) is 0 Å². The molecule has 116 valence electrons. The van der Waals surface area contributed by atoms with Crippen LogP contribution in [0, 0.1) is 10.1 Å². The molecule has 1 heterocycles. The van der Waals surface area contributed by atoms with Crippen LogP contribution in [0.5, 0.6) is 5.75 Å². The number of aromatic nitrogens is 2. The fourth-order valence-electron chi connectivity index (χ4n) is 1.83. The lowest BCUT2D eigenvalue weighted by atomic mass is 10.3. The number of hydrogen-bond donors (Lipinski definition) is 1. The molecule has 0 atom stereocenters. The van der Waals surface area contributed by atoms with Crippen LogP contribution in [-0.4, -0.2) is 33.5 Å². The zero-order valence-electron chi connectivity index (χ0n) is 11.8. The van der Waals surface area contributed by atoms with E-state index in [4.69, 9.17) is 4.74 Å². The molecular weight excluding hydrogens is 288 g/mol. The number of nitrogens with zero attached hydrogens (tertiary/aromatic N) is 3. The molecule has 1 aromatic carbocycles. The fraction of sp³-hybridized carbons (Fsp3) is 0.286. The number of para-hydroxylation sites is 2. The predicted molar refractivity (Wildman–Crippen MR) is 78.4 cm³/mol. The number of aryl methyl sites for hydroxylation is 1. The molecule has 0 spiro atoms. The van der Waals surface area contributed by atoms with Crippen LogP contribution in [0.2, 0.25) is 0 Å². The molecule has 8 nitrogen and oxygen atoms in total. The number of hydrogen-bond acceptors (Lipinski definition) is 5. The molecular formula is C14H16N4O4. The van der Waals surface area contributed by atoms with Gasteiger partial charge in [0.05, 0.1) is 11.3 Å². The van der Waals surface area contributed by atoms with Gasteiger partial charge in [-0.25, -0.2) is 4.98 Å². The van der Waals surface area contributed by atoms with Gasteiger partial charge in [-0.3, -0.25) is 14.9 Å². The summed E-state index contributed by atoms with van der Waals surface area (Å²) in [5.41, 5.74) is -0.157. The second-order valence-corrected chi connectivity index (χ2v) is 4.52. The number of nitro groups is 1. The Labute approximate surface area is 126 Å². The van der Waals surface area contributed by atoms with Crippen LogP contribution in [0.15, 0.2) is 43.0 Å². The SMILES string of the molecule is O=C(COc1ccccc1[N+](=O)[O-])NCCCn1ccnc1. The van der Waals surface area contributed by atoms with Crippen LogP contribution in [0.3, 0.4) is 0 Å². The zero-order chi connectivity index (χ0) is 15.8. The molecule has 0 aliphatic carbocycles. The largest absolute Gasteiger partial charge is 0.477 e. The highest BCUT2D eigenvalue weighted by atomic mass is 16.6. The lowest BCUT2D eigenvalue weighted by molar-refractivity contribution is -0.385. The molecule has 0 fully saturated rings. The molecule has 0 bridgehead atoms. The molecule has 1 aromatic heterocycles. The maximum absolute atomic E-state index is 11.6. The van der Waals surface area contributed by atoms with Crippen LogP contribution >= 0.6 is 0 Å². The predicted octanol–water partition coefficient (Wildman–Crippen LogP) is 1.38. The average Bonchev–Trinajstić information content (AvgIpc) is 3.03. The molecule has 0 aliphatic rings. The third-order valence-electron chi connectivity index (χ3n) is 2.90. The number of nitro benzene ring substituents is 1. The van der Waals surface area contributed by atoms with Crippen molar-refractivity contribution in [3.05, 3.63) is 53.1 Å². The fourth-order valence-corrected chi connectivity index (χ4v) is 1.83. The Morgan fingerprint density at radius 3 is 2.95 bits per heavy atom. The minimum absolute atomic E-state index is 0.0843. The third-order valence-corrected chi connectivity index (χ3v) is 2.90. The summed E-state index contributed by atoms with van der Waals surface area (Å²) in [6.07, 6.45) is 6.01. The summed E-state index contributed by atoms with van der Waals surface area (Å²) < 4.78 is 7.11. The smallest absolute Gasteiger partial charge is 0.310 e. The van der Waals surface area contributed by atoms with Crippen LogP contribution < -0.4 is 10.1 Å². The van der Waals surface area contributed by atoms with Gasteiger partial charge in [0.25, 0.3) is 5.91 Å². The first-order chi connectivity index (χ1) is 10.7. The molecule has 0 saturated heterocycles. The van der Waals surface area contributed by atoms with Crippen molar-refractivity contribution < 1.29 is 14.5 Å². The van der Waals surface area contributed by atoms with Crippen molar-refractivity contribution >= 4 is 11.6 Å². The van der Waals surface area contributed by atoms with E-state index in [9.17, 15) is 14.9 Å². The van der Waals surface area contributed by atoms with Crippen LogP contribution in [0.1, 0.15) is 6.42 Å². The molecule has 0 aliphatic heterocycles. The number of rotatable bonds is 8. The summed E-state index contributed by atoms with van der Waals surface area (Å²) in [4.78, 5) is 25.8. The Hall–Kier alpha value is -2.90. The van der Waals surface area contributed by atoms with Gasteiger partial charge in [-0.05, 0) is 12.5 Å². The van der Waals surface area contributed by atoms with Gasteiger partial charge in [0, 0.05) is 31.5 Å². The second kappa shape index (κ2) is 7.77. The van der Waals surface area contributed by atoms with Gasteiger partial charge in [-0.15, -0.1) is 0 Å². The zero-order valence-corrected chi connectivity index (χ0v) is 11.8. The topological polar surface area (TPSA) is 99.3 Å². The molecule has 22 heavy (non-hydrogen) atoms. The van der Waals surface area contributed by atoms with E-state index in [-0.39, 0.29) is 24.0 Å². The molecule has 1 amide bonds. The Kier molecular flexibility index (Phi) is 5.47. The number of benzene rings is 1. The van der Waals surface area contributed by atoms with Crippen molar-refractivity contribution in [2.75, 3.05) is 13.2 Å². The first-order valence-electron chi connectivity index (χ1n) is 6.75. The summed E-state index contributed by atoms with van der Waals surface area (Å²) in [6, 6.07) is 5.95. The maximum Gasteiger partial charge on any atom is 0.310 e. The van der Waals surface area contributed by atoms with Gasteiger partial charge in [0.15, 0.2) is 12.4 Å². The first kappa shape index (κ1) is 15.5. The van der Waals surface area contributed by atoms with Crippen molar-refractivity contribution in [2.24, 2.45) is 0 Å². The van der Waals surface area contributed by atoms with Crippen molar-refractivity contribution in [1.82, 2.24) is 14.9 Å². The van der Waals surface area contributed by atoms with Gasteiger partial charge in [-0.1, -0.05) is 12.1 Å². The normalized spacial score (nSPS) is 10.2. The van der Waals surface area contributed by atoms with Crippen LogP contribution in [-0.2, 0) is 11.3 Å². The number of imidazole rings is 1. The Morgan fingerprint density at radius 1 is 1.41 bits per heavy atom. The highest BCUT2D eigenvalue weighted by Crippen LogP contribution is 2.25. The summed E-state index contributed by atoms with van der Waals surface area (Å²) in [5.74, 6) is -0.232. The highest BCUT2D eigenvalue weighted by molar-refractivity contribution is 5.77. The first-order valence-corrected chi connectivity index (χ1v) is 6.75. The molecule has 0 saturated carbocycles.